The number of carbonyl (C=O) groups excluding carboxylic acids is 2. The van der Waals surface area contributed by atoms with Crippen LogP contribution in [0.5, 0.6) is 11.5 Å². The molecule has 1 N–H and O–H groups in total. The van der Waals surface area contributed by atoms with Crippen LogP contribution in [0.2, 0.25) is 0 Å². The van der Waals surface area contributed by atoms with E-state index in [0.717, 1.165) is 0 Å². The van der Waals surface area contributed by atoms with Crippen LogP contribution in [-0.4, -0.2) is 30.5 Å². The number of benzene rings is 3. The summed E-state index contributed by atoms with van der Waals surface area (Å²) >= 11 is 0. The summed E-state index contributed by atoms with van der Waals surface area (Å²) in [4.78, 5) is 27.5. The largest absolute Gasteiger partial charge is 0.507 e. The van der Waals surface area contributed by atoms with E-state index in [2.05, 4.69) is 0 Å². The third-order valence-electron chi connectivity index (χ3n) is 5.38. The Kier molecular flexibility index (Phi) is 6.13. The van der Waals surface area contributed by atoms with Crippen molar-refractivity contribution in [1.82, 2.24) is 0 Å². The highest BCUT2D eigenvalue weighted by molar-refractivity contribution is 6.51. The van der Waals surface area contributed by atoms with Crippen LogP contribution in [0.3, 0.4) is 0 Å². The van der Waals surface area contributed by atoms with E-state index in [1.165, 1.54) is 36.3 Å². The number of para-hydroxylation sites is 1. The summed E-state index contributed by atoms with van der Waals surface area (Å²) in [6.45, 7) is 2.26. The predicted molar refractivity (Wildman–Crippen MR) is 122 cm³/mol. The fraction of sp³-hybridized carbons (Fsp3) is 0.154. The van der Waals surface area contributed by atoms with Crippen LogP contribution < -0.4 is 14.4 Å². The zero-order valence-corrected chi connectivity index (χ0v) is 18.1. The molecule has 0 bridgehead atoms. The molecule has 4 rings (SSSR count). The van der Waals surface area contributed by atoms with E-state index in [1.54, 1.807) is 48.5 Å². The monoisotopic (exact) mass is 447 g/mol. The average Bonchev–Trinajstić information content (AvgIpc) is 3.09. The standard InChI is InChI=1S/C26H22FNO5/c1-3-33-19-11-6-8-16(14-19)24(29)22-23(20-12-4-5-13-21(20)32-2)28(26(31)25(22)30)18-10-7-9-17(27)15-18/h4-15,23,29H,3H2,1-2H3/b24-22+. The number of nitrogens with zero attached hydrogens (tertiary/aromatic N) is 1. The van der Waals surface area contributed by atoms with E-state index in [9.17, 15) is 19.1 Å². The average molecular weight is 447 g/mol. The summed E-state index contributed by atoms with van der Waals surface area (Å²) in [5.74, 6) is -1.75. The molecule has 1 aliphatic rings. The highest BCUT2D eigenvalue weighted by Crippen LogP contribution is 2.45. The second-order valence-electron chi connectivity index (χ2n) is 7.35. The van der Waals surface area contributed by atoms with Crippen molar-refractivity contribution >= 4 is 23.1 Å². The van der Waals surface area contributed by atoms with Crippen molar-refractivity contribution in [3.63, 3.8) is 0 Å². The first kappa shape index (κ1) is 22.1. The van der Waals surface area contributed by atoms with Crippen molar-refractivity contribution in [2.24, 2.45) is 0 Å². The minimum atomic E-state index is -1.03. The molecule has 168 valence electrons. The molecule has 7 heteroatoms. The lowest BCUT2D eigenvalue weighted by Crippen LogP contribution is -2.29. The molecule has 1 atom stereocenters. The summed E-state index contributed by atoms with van der Waals surface area (Å²) < 4.78 is 25.0. The van der Waals surface area contributed by atoms with Crippen LogP contribution in [0.15, 0.2) is 78.4 Å². The lowest BCUT2D eigenvalue weighted by Gasteiger charge is -2.26. The molecule has 1 unspecified atom stereocenters. The first-order valence-corrected chi connectivity index (χ1v) is 10.4. The van der Waals surface area contributed by atoms with Gasteiger partial charge in [-0.25, -0.2) is 4.39 Å². The molecule has 0 aromatic heterocycles. The van der Waals surface area contributed by atoms with Gasteiger partial charge in [0.25, 0.3) is 11.7 Å². The third kappa shape index (κ3) is 4.05. The number of aliphatic hydroxyl groups excluding tert-OH is 1. The van der Waals surface area contributed by atoms with Crippen LogP contribution in [0.25, 0.3) is 5.76 Å². The number of anilines is 1. The molecule has 1 aliphatic heterocycles. The molecule has 3 aromatic rings. The van der Waals surface area contributed by atoms with E-state index in [4.69, 9.17) is 9.47 Å². The Morgan fingerprint density at radius 3 is 2.52 bits per heavy atom. The Morgan fingerprint density at radius 1 is 1.03 bits per heavy atom. The Labute approximate surface area is 190 Å². The summed E-state index contributed by atoms with van der Waals surface area (Å²) in [5.41, 5.74) is 0.863. The van der Waals surface area contributed by atoms with Gasteiger partial charge in [-0.05, 0) is 43.3 Å². The zero-order chi connectivity index (χ0) is 23.5. The lowest BCUT2D eigenvalue weighted by atomic mass is 9.94. The second kappa shape index (κ2) is 9.16. The highest BCUT2D eigenvalue weighted by Gasteiger charge is 2.48. The number of carbonyl (C=O) groups is 2. The molecule has 1 fully saturated rings. The number of ether oxygens (including phenoxy) is 2. The number of Topliss-reactive ketones (excluding diaryl/α,β-unsaturated/α-hetero) is 1. The smallest absolute Gasteiger partial charge is 0.300 e. The predicted octanol–water partition coefficient (Wildman–Crippen LogP) is 4.86. The molecular weight excluding hydrogens is 425 g/mol. The van der Waals surface area contributed by atoms with Gasteiger partial charge in [0, 0.05) is 16.8 Å². The van der Waals surface area contributed by atoms with Gasteiger partial charge in [-0.15, -0.1) is 0 Å². The fourth-order valence-electron chi connectivity index (χ4n) is 3.97. The van der Waals surface area contributed by atoms with Crippen molar-refractivity contribution in [2.45, 2.75) is 13.0 Å². The first-order chi connectivity index (χ1) is 16.0. The molecule has 0 radical (unpaired) electrons. The maximum Gasteiger partial charge on any atom is 0.300 e. The van der Waals surface area contributed by atoms with Gasteiger partial charge < -0.3 is 14.6 Å². The molecule has 6 nitrogen and oxygen atoms in total. The Hall–Kier alpha value is -4.13. The number of halogens is 1. The number of methoxy groups -OCH3 is 1. The summed E-state index contributed by atoms with van der Waals surface area (Å²) in [5, 5.41) is 11.2. The summed E-state index contributed by atoms with van der Waals surface area (Å²) in [6, 6.07) is 17.9. The fourth-order valence-corrected chi connectivity index (χ4v) is 3.97. The van der Waals surface area contributed by atoms with Gasteiger partial charge >= 0.3 is 0 Å². The third-order valence-corrected chi connectivity index (χ3v) is 5.38. The number of rotatable bonds is 6. The van der Waals surface area contributed by atoms with Crippen molar-refractivity contribution in [3.8, 4) is 11.5 Å². The topological polar surface area (TPSA) is 76.1 Å². The van der Waals surface area contributed by atoms with E-state index in [0.29, 0.717) is 29.2 Å². The zero-order valence-electron chi connectivity index (χ0n) is 18.1. The second-order valence-corrected chi connectivity index (χ2v) is 7.35. The maximum absolute atomic E-state index is 14.0. The number of hydrogen-bond donors (Lipinski definition) is 1. The van der Waals surface area contributed by atoms with Gasteiger partial charge in [-0.2, -0.15) is 0 Å². The Balaban J connectivity index is 1.97. The van der Waals surface area contributed by atoms with Crippen molar-refractivity contribution in [1.29, 1.82) is 0 Å². The van der Waals surface area contributed by atoms with Gasteiger partial charge in [0.15, 0.2) is 0 Å². The van der Waals surface area contributed by atoms with Gasteiger partial charge in [0.1, 0.15) is 23.1 Å². The number of aliphatic hydroxyl groups is 1. The minimum Gasteiger partial charge on any atom is -0.507 e. The van der Waals surface area contributed by atoms with Crippen molar-refractivity contribution in [2.75, 3.05) is 18.6 Å². The SMILES string of the molecule is CCOc1cccc(/C(O)=C2\C(=O)C(=O)N(c3cccc(F)c3)C2c2ccccc2OC)c1. The number of ketones is 1. The lowest BCUT2D eigenvalue weighted by molar-refractivity contribution is -0.132. The molecule has 3 aromatic carbocycles. The van der Waals surface area contributed by atoms with Crippen LogP contribution in [0, 0.1) is 5.82 Å². The highest BCUT2D eigenvalue weighted by atomic mass is 19.1. The van der Waals surface area contributed by atoms with Crippen molar-refractivity contribution in [3.05, 3.63) is 95.3 Å². The molecule has 0 aliphatic carbocycles. The van der Waals surface area contributed by atoms with Crippen LogP contribution in [-0.2, 0) is 9.59 Å². The van der Waals surface area contributed by atoms with Crippen molar-refractivity contribution < 1.29 is 28.6 Å². The quantitative estimate of drug-likeness (QED) is 0.332. The first-order valence-electron chi connectivity index (χ1n) is 10.4. The molecule has 0 spiro atoms. The summed E-state index contributed by atoms with van der Waals surface area (Å²) in [6.07, 6.45) is 0. The minimum absolute atomic E-state index is 0.123. The Morgan fingerprint density at radius 2 is 1.79 bits per heavy atom. The molecule has 1 heterocycles. The molecule has 33 heavy (non-hydrogen) atoms. The number of hydrogen-bond acceptors (Lipinski definition) is 5. The number of amides is 1. The van der Waals surface area contributed by atoms with E-state index in [1.807, 2.05) is 6.92 Å². The van der Waals surface area contributed by atoms with Crippen LogP contribution >= 0.6 is 0 Å². The molecule has 1 saturated heterocycles. The van der Waals surface area contributed by atoms with Gasteiger partial charge in [-0.1, -0.05) is 36.4 Å². The van der Waals surface area contributed by atoms with Gasteiger partial charge in [0.2, 0.25) is 0 Å². The normalized spacial score (nSPS) is 17.3. The molecule has 1 amide bonds. The van der Waals surface area contributed by atoms with E-state index < -0.39 is 23.5 Å². The maximum atomic E-state index is 14.0. The van der Waals surface area contributed by atoms with E-state index in [-0.39, 0.29) is 17.0 Å². The summed E-state index contributed by atoms with van der Waals surface area (Å²) in [7, 11) is 1.47. The molecule has 0 saturated carbocycles. The van der Waals surface area contributed by atoms with Crippen LogP contribution in [0.4, 0.5) is 10.1 Å². The van der Waals surface area contributed by atoms with Gasteiger partial charge in [0.05, 0.1) is 25.3 Å². The Bertz CT molecular complexity index is 1250. The van der Waals surface area contributed by atoms with Crippen LogP contribution in [0.1, 0.15) is 24.1 Å². The molecular formula is C26H22FNO5. The van der Waals surface area contributed by atoms with Gasteiger partial charge in [-0.3, -0.25) is 14.5 Å². The van der Waals surface area contributed by atoms with E-state index >= 15 is 0 Å².